The highest BCUT2D eigenvalue weighted by Crippen LogP contribution is 2.30. The molecular formula is C25H40N4O2. The third kappa shape index (κ3) is 7.51. The van der Waals surface area contributed by atoms with Crippen LogP contribution in [0.5, 0.6) is 11.5 Å². The van der Waals surface area contributed by atoms with Gasteiger partial charge < -0.3 is 30.6 Å². The van der Waals surface area contributed by atoms with Gasteiger partial charge >= 0.3 is 0 Å². The lowest BCUT2D eigenvalue weighted by atomic mass is 9.94. The van der Waals surface area contributed by atoms with Gasteiger partial charge in [0, 0.05) is 24.2 Å². The second-order valence-corrected chi connectivity index (χ2v) is 8.88. The molecule has 0 aliphatic rings. The molecule has 0 amide bonds. The molecule has 6 heteroatoms. The van der Waals surface area contributed by atoms with Gasteiger partial charge in [-0.1, -0.05) is 24.3 Å². The van der Waals surface area contributed by atoms with Crippen LogP contribution in [-0.2, 0) is 32.4 Å². The maximum absolute atomic E-state index is 10.8. The summed E-state index contributed by atoms with van der Waals surface area (Å²) in [7, 11) is 11.9. The first-order valence-corrected chi connectivity index (χ1v) is 11.0. The van der Waals surface area contributed by atoms with Gasteiger partial charge in [0.15, 0.2) is 0 Å². The third-order valence-electron chi connectivity index (χ3n) is 5.33. The van der Waals surface area contributed by atoms with Gasteiger partial charge in [-0.05, 0) is 96.9 Å². The van der Waals surface area contributed by atoms with Crippen LogP contribution in [0.15, 0.2) is 24.3 Å². The van der Waals surface area contributed by atoms with Crippen molar-refractivity contribution in [2.45, 2.75) is 32.4 Å². The first-order valence-electron chi connectivity index (χ1n) is 11.0. The molecule has 0 aliphatic carbocycles. The number of nitrogens with zero attached hydrogens (tertiary/aromatic N) is 2. The van der Waals surface area contributed by atoms with E-state index in [4.69, 9.17) is 0 Å². The highest BCUT2D eigenvalue weighted by molar-refractivity contribution is 5.48. The number of aromatic hydroxyl groups is 2. The van der Waals surface area contributed by atoms with Crippen LogP contribution in [0.2, 0.25) is 0 Å². The maximum atomic E-state index is 10.8. The summed E-state index contributed by atoms with van der Waals surface area (Å²) in [4.78, 5) is 4.15. The zero-order chi connectivity index (χ0) is 23.0. The van der Waals surface area contributed by atoms with Gasteiger partial charge in [-0.3, -0.25) is 0 Å². The van der Waals surface area contributed by atoms with Crippen molar-refractivity contribution in [1.29, 1.82) is 0 Å². The second-order valence-electron chi connectivity index (χ2n) is 8.88. The zero-order valence-corrected chi connectivity index (χ0v) is 20.0. The Morgan fingerprint density at radius 3 is 1.35 bits per heavy atom. The van der Waals surface area contributed by atoms with Gasteiger partial charge in [-0.2, -0.15) is 0 Å². The summed E-state index contributed by atoms with van der Waals surface area (Å²) < 4.78 is 0. The van der Waals surface area contributed by atoms with Crippen molar-refractivity contribution >= 4 is 0 Å². The van der Waals surface area contributed by atoms with Crippen LogP contribution < -0.4 is 10.6 Å². The van der Waals surface area contributed by atoms with Crippen molar-refractivity contribution in [1.82, 2.24) is 20.4 Å². The third-order valence-corrected chi connectivity index (χ3v) is 5.33. The Kier molecular flexibility index (Phi) is 9.78. The van der Waals surface area contributed by atoms with Crippen LogP contribution >= 0.6 is 0 Å². The quantitative estimate of drug-likeness (QED) is 0.416. The Balaban J connectivity index is 2.44. The van der Waals surface area contributed by atoms with Gasteiger partial charge in [0.1, 0.15) is 11.5 Å². The van der Waals surface area contributed by atoms with Crippen LogP contribution in [0.4, 0.5) is 0 Å². The molecule has 0 heterocycles. The molecule has 0 saturated heterocycles. The van der Waals surface area contributed by atoms with Crippen LogP contribution in [0.25, 0.3) is 0 Å². The molecule has 0 aromatic heterocycles. The molecule has 0 aliphatic heterocycles. The zero-order valence-electron chi connectivity index (χ0n) is 20.0. The summed E-state index contributed by atoms with van der Waals surface area (Å²) in [5.41, 5.74) is 6.23. The van der Waals surface area contributed by atoms with Crippen LogP contribution in [0, 0.1) is 0 Å². The number of hydrogen-bond donors (Lipinski definition) is 4. The standard InChI is InChI=1S/C25H40N4O2/c1-26-9-7-20-12-18(13-21(24(20)30)8-10-27-2)11-19-14-22(16-28(3)4)25(31)23(15-19)17-29(5)6/h12-15,26-27,30-31H,7-11,16-17H2,1-6H3. The van der Waals surface area contributed by atoms with E-state index in [1.807, 2.05) is 42.3 Å². The monoisotopic (exact) mass is 428 g/mol. The van der Waals surface area contributed by atoms with E-state index in [0.717, 1.165) is 54.6 Å². The molecular weight excluding hydrogens is 388 g/mol. The first-order chi connectivity index (χ1) is 14.7. The molecule has 0 atom stereocenters. The summed E-state index contributed by atoms with van der Waals surface area (Å²) in [6.45, 7) is 3.02. The van der Waals surface area contributed by atoms with Gasteiger partial charge in [0.05, 0.1) is 0 Å². The highest BCUT2D eigenvalue weighted by atomic mass is 16.3. The lowest BCUT2D eigenvalue weighted by Gasteiger charge is -2.19. The van der Waals surface area contributed by atoms with Crippen molar-refractivity contribution in [2.24, 2.45) is 0 Å². The second kappa shape index (κ2) is 12.1. The topological polar surface area (TPSA) is 71.0 Å². The van der Waals surface area contributed by atoms with Crippen molar-refractivity contribution < 1.29 is 10.2 Å². The molecule has 4 N–H and O–H groups in total. The molecule has 0 saturated carbocycles. The fraction of sp³-hybridized carbons (Fsp3) is 0.520. The Labute approximate surface area is 187 Å². The van der Waals surface area contributed by atoms with Crippen LogP contribution in [-0.4, -0.2) is 75.4 Å². The van der Waals surface area contributed by atoms with Crippen molar-refractivity contribution in [2.75, 3.05) is 55.4 Å². The van der Waals surface area contributed by atoms with E-state index in [0.29, 0.717) is 24.6 Å². The number of rotatable bonds is 12. The lowest BCUT2D eigenvalue weighted by molar-refractivity contribution is 0.368. The van der Waals surface area contributed by atoms with E-state index in [1.165, 1.54) is 11.1 Å². The van der Waals surface area contributed by atoms with Gasteiger partial charge in [0.2, 0.25) is 0 Å². The smallest absolute Gasteiger partial charge is 0.124 e. The molecule has 2 aromatic carbocycles. The molecule has 172 valence electrons. The number of nitrogens with one attached hydrogen (secondary N) is 2. The minimum Gasteiger partial charge on any atom is -0.507 e. The Morgan fingerprint density at radius 2 is 1.00 bits per heavy atom. The fourth-order valence-corrected chi connectivity index (χ4v) is 3.93. The highest BCUT2D eigenvalue weighted by Gasteiger charge is 2.14. The van der Waals surface area contributed by atoms with Gasteiger partial charge in [-0.25, -0.2) is 0 Å². The Morgan fingerprint density at radius 1 is 0.645 bits per heavy atom. The van der Waals surface area contributed by atoms with E-state index in [2.05, 4.69) is 44.7 Å². The summed E-state index contributed by atoms with van der Waals surface area (Å²) in [6.07, 6.45) is 2.34. The van der Waals surface area contributed by atoms with Gasteiger partial charge in [0.25, 0.3) is 0 Å². The van der Waals surface area contributed by atoms with Crippen molar-refractivity contribution in [3.05, 3.63) is 57.6 Å². The molecule has 0 fully saturated rings. The molecule has 6 nitrogen and oxygen atoms in total. The maximum Gasteiger partial charge on any atom is 0.124 e. The number of phenols is 2. The number of likely N-dealkylation sites (N-methyl/N-ethyl adjacent to an activating group) is 2. The fourth-order valence-electron chi connectivity index (χ4n) is 3.93. The Bertz CT molecular complexity index is 789. The van der Waals surface area contributed by atoms with Gasteiger partial charge in [-0.15, -0.1) is 0 Å². The van der Waals surface area contributed by atoms with Crippen molar-refractivity contribution in [3.8, 4) is 11.5 Å². The van der Waals surface area contributed by atoms with E-state index in [1.54, 1.807) is 0 Å². The first kappa shape index (κ1) is 25.1. The Hall–Kier alpha value is -2.12. The molecule has 2 aromatic rings. The molecule has 0 spiro atoms. The number of phenolic OH excluding ortho intramolecular Hbond substituents is 2. The van der Waals surface area contributed by atoms with E-state index < -0.39 is 0 Å². The minimum absolute atomic E-state index is 0.390. The lowest BCUT2D eigenvalue weighted by Crippen LogP contribution is -2.15. The number of benzene rings is 2. The summed E-state index contributed by atoms with van der Waals surface area (Å²) >= 11 is 0. The SMILES string of the molecule is CNCCc1cc(Cc2cc(CN(C)C)c(O)c(CN(C)C)c2)cc(CCNC)c1O. The summed E-state index contributed by atoms with van der Waals surface area (Å²) in [5.74, 6) is 0.808. The molecule has 0 unspecified atom stereocenters. The molecule has 31 heavy (non-hydrogen) atoms. The van der Waals surface area contributed by atoms with E-state index in [9.17, 15) is 10.2 Å². The molecule has 0 bridgehead atoms. The summed E-state index contributed by atoms with van der Waals surface area (Å²) in [6, 6.07) is 8.48. The molecule has 2 rings (SSSR count). The predicted octanol–water partition coefficient (Wildman–Crippen LogP) is 2.34. The predicted molar refractivity (Wildman–Crippen MR) is 129 cm³/mol. The summed E-state index contributed by atoms with van der Waals surface area (Å²) in [5, 5.41) is 27.9. The van der Waals surface area contributed by atoms with E-state index >= 15 is 0 Å². The average Bonchev–Trinajstić information content (AvgIpc) is 2.69. The normalized spacial score (nSPS) is 11.6. The largest absolute Gasteiger partial charge is 0.507 e. The minimum atomic E-state index is 0.390. The average molecular weight is 429 g/mol. The van der Waals surface area contributed by atoms with Crippen LogP contribution in [0.3, 0.4) is 0 Å². The molecule has 0 radical (unpaired) electrons. The van der Waals surface area contributed by atoms with Crippen molar-refractivity contribution in [3.63, 3.8) is 0 Å². The number of hydrogen-bond acceptors (Lipinski definition) is 6. The van der Waals surface area contributed by atoms with E-state index in [-0.39, 0.29) is 0 Å². The van der Waals surface area contributed by atoms with Crippen LogP contribution in [0.1, 0.15) is 33.4 Å².